The van der Waals surface area contributed by atoms with E-state index in [0.29, 0.717) is 24.1 Å². The fourth-order valence-corrected chi connectivity index (χ4v) is 7.09. The van der Waals surface area contributed by atoms with E-state index >= 15 is 0 Å². The fraction of sp³-hybridized carbons (Fsp3) is 0.556. The summed E-state index contributed by atoms with van der Waals surface area (Å²) in [6, 6.07) is -6.35. The Morgan fingerprint density at radius 3 is 1.53 bits per heavy atom. The maximum Gasteiger partial charge on any atom is 0.326 e. The number of aromatic amines is 1. The summed E-state index contributed by atoms with van der Waals surface area (Å²) in [6.07, 6.45) is 2.24. The van der Waals surface area contributed by atoms with E-state index in [2.05, 4.69) is 57.2 Å². The number of aliphatic imine (C=N–C) groups is 2. The molecule has 24 N–H and O–H groups in total. The molecular formula is C45H73N17O13. The number of carboxylic acids is 2. The second-order valence-electron chi connectivity index (χ2n) is 17.7. The van der Waals surface area contributed by atoms with E-state index in [1.807, 2.05) is 0 Å². The molecule has 0 aliphatic heterocycles. The van der Waals surface area contributed by atoms with Gasteiger partial charge < -0.3 is 97.0 Å². The van der Waals surface area contributed by atoms with Gasteiger partial charge in [-0.25, -0.2) is 9.78 Å². The minimum Gasteiger partial charge on any atom is -0.508 e. The highest BCUT2D eigenvalue weighted by atomic mass is 16.4. The van der Waals surface area contributed by atoms with Gasteiger partial charge in [-0.1, -0.05) is 26.0 Å². The number of phenols is 1. The molecule has 7 amide bonds. The topological polar surface area (TPSA) is 528 Å². The van der Waals surface area contributed by atoms with Gasteiger partial charge in [0.2, 0.25) is 41.4 Å². The number of imidazole rings is 1. The first-order valence-corrected chi connectivity index (χ1v) is 24.0. The van der Waals surface area contributed by atoms with Crippen molar-refractivity contribution in [3.8, 4) is 5.75 Å². The van der Waals surface area contributed by atoms with Gasteiger partial charge in [-0.3, -0.25) is 48.3 Å². The third-order valence-electron chi connectivity index (χ3n) is 11.1. The Morgan fingerprint density at radius 1 is 0.613 bits per heavy atom. The standard InChI is InChI=1S/C45H73N17O13/c1-23(2)35(62-41(72)33(21-63)61-40(71)31(17-24-10-12-26(64)13-11-24)59-36(67)27(47)19-34(65)66)42(73)58-30(9-6-16-54-45(50)51)38(69)56-28(7-3-4-14-46)37(68)57-29(8-5-15-53-44(48)49)39(70)60-32(43(74)75)18-25-20-52-22-55-25/h10-13,20,22-23,27-33,35,63-64H,3-9,14-19,21,46-47H2,1-2H3,(H,52,55)(H,56,69)(H,57,68)(H,58,73)(H,59,67)(H,60,70)(H,61,71)(H,62,72)(H,65,66)(H,74,75)(H4,48,49,53)(H4,50,51,54)/t27-,28-,29-,30-,31-,32-,33-,35-/m0/s1. The van der Waals surface area contributed by atoms with Crippen molar-refractivity contribution >= 4 is 65.2 Å². The third kappa shape index (κ3) is 24.0. The number of hydrogen-bond acceptors (Lipinski definition) is 16. The van der Waals surface area contributed by atoms with E-state index in [9.17, 15) is 58.5 Å². The van der Waals surface area contributed by atoms with Crippen LogP contribution >= 0.6 is 0 Å². The van der Waals surface area contributed by atoms with Crippen molar-refractivity contribution in [1.29, 1.82) is 0 Å². The van der Waals surface area contributed by atoms with E-state index in [1.54, 1.807) is 13.8 Å². The molecule has 0 radical (unpaired) electrons. The molecule has 2 rings (SSSR count). The van der Waals surface area contributed by atoms with Crippen LogP contribution in [-0.4, -0.2) is 170 Å². The number of nitrogens with two attached hydrogens (primary N) is 6. The van der Waals surface area contributed by atoms with Crippen LogP contribution in [0.1, 0.15) is 76.5 Å². The maximum absolute atomic E-state index is 14.2. The number of nitrogens with zero attached hydrogens (tertiary/aromatic N) is 3. The first kappa shape index (κ1) is 63.0. The number of rotatable bonds is 35. The van der Waals surface area contributed by atoms with Gasteiger partial charge in [-0.2, -0.15) is 0 Å². The number of aliphatic carboxylic acids is 2. The highest BCUT2D eigenvalue weighted by molar-refractivity contribution is 5.98. The molecule has 0 saturated carbocycles. The zero-order valence-corrected chi connectivity index (χ0v) is 41.8. The predicted octanol–water partition coefficient (Wildman–Crippen LogP) is -5.93. The number of aliphatic hydroxyl groups is 1. The number of nitrogens with one attached hydrogen (secondary N) is 8. The van der Waals surface area contributed by atoms with E-state index in [0.717, 1.165) is 0 Å². The molecule has 30 heteroatoms. The average molecular weight is 1060 g/mol. The minimum absolute atomic E-state index is 0.00133. The highest BCUT2D eigenvalue weighted by Crippen LogP contribution is 2.13. The summed E-state index contributed by atoms with van der Waals surface area (Å²) in [4.78, 5) is 134. The Hall–Kier alpha value is -8.12. The Labute approximate surface area is 431 Å². The number of hydrogen-bond donors (Lipinski definition) is 18. The zero-order chi connectivity index (χ0) is 56.2. The third-order valence-corrected chi connectivity index (χ3v) is 11.1. The predicted molar refractivity (Wildman–Crippen MR) is 270 cm³/mol. The number of H-pyrrole nitrogens is 1. The van der Waals surface area contributed by atoms with Gasteiger partial charge in [0, 0.05) is 37.8 Å². The molecule has 75 heavy (non-hydrogen) atoms. The molecule has 0 unspecified atom stereocenters. The van der Waals surface area contributed by atoms with E-state index in [-0.39, 0.29) is 82.2 Å². The molecule has 1 aromatic heterocycles. The second kappa shape index (κ2) is 32.8. The number of aliphatic hydroxyl groups excluding tert-OH is 1. The van der Waals surface area contributed by atoms with Crippen LogP contribution in [0.15, 0.2) is 46.8 Å². The number of carboxylic acid groups (broad SMARTS) is 2. The largest absolute Gasteiger partial charge is 0.508 e. The molecule has 1 aromatic carbocycles. The van der Waals surface area contributed by atoms with E-state index < -0.39 is 121 Å². The lowest BCUT2D eigenvalue weighted by Crippen LogP contribution is -2.61. The first-order valence-electron chi connectivity index (χ1n) is 24.0. The first-order chi connectivity index (χ1) is 35.4. The number of carbonyl (C=O) groups excluding carboxylic acids is 7. The summed E-state index contributed by atoms with van der Waals surface area (Å²) < 4.78 is 0. The normalized spacial score (nSPS) is 14.2. The summed E-state index contributed by atoms with van der Waals surface area (Å²) >= 11 is 0. The fourth-order valence-electron chi connectivity index (χ4n) is 7.09. The minimum atomic E-state index is -1.74. The van der Waals surface area contributed by atoms with Crippen molar-refractivity contribution < 1.29 is 63.6 Å². The Kier molecular flexibility index (Phi) is 27.6. The molecule has 0 bridgehead atoms. The van der Waals surface area contributed by atoms with E-state index in [1.165, 1.54) is 36.8 Å². The number of carbonyl (C=O) groups is 9. The smallest absolute Gasteiger partial charge is 0.326 e. The average Bonchev–Trinajstić information content (AvgIpc) is 3.86. The van der Waals surface area contributed by atoms with Crippen molar-refractivity contribution in [3.63, 3.8) is 0 Å². The van der Waals surface area contributed by atoms with Gasteiger partial charge in [0.15, 0.2) is 11.9 Å². The molecule has 0 aliphatic rings. The van der Waals surface area contributed by atoms with Crippen LogP contribution in [0.25, 0.3) is 0 Å². The lowest BCUT2D eigenvalue weighted by molar-refractivity contribution is -0.142. The Bertz CT molecular complexity index is 2260. The van der Waals surface area contributed by atoms with Gasteiger partial charge in [0.25, 0.3) is 0 Å². The molecule has 0 fully saturated rings. The number of phenolic OH excluding ortho intramolecular Hbond substituents is 1. The van der Waals surface area contributed by atoms with Crippen LogP contribution in [0.4, 0.5) is 0 Å². The quantitative estimate of drug-likeness (QED) is 0.0174. The van der Waals surface area contributed by atoms with E-state index in [4.69, 9.17) is 39.5 Å². The van der Waals surface area contributed by atoms with Crippen molar-refractivity contribution in [3.05, 3.63) is 48.0 Å². The number of aromatic nitrogens is 2. The van der Waals surface area contributed by atoms with Crippen molar-refractivity contribution in [2.45, 2.75) is 126 Å². The molecule has 0 aliphatic carbocycles. The molecule has 2 aromatic rings. The molecule has 8 atom stereocenters. The Morgan fingerprint density at radius 2 is 1.08 bits per heavy atom. The van der Waals surface area contributed by atoms with Crippen molar-refractivity contribution in [2.75, 3.05) is 26.2 Å². The van der Waals surface area contributed by atoms with Crippen LogP contribution in [0.5, 0.6) is 5.75 Å². The number of aromatic hydroxyl groups is 1. The zero-order valence-electron chi connectivity index (χ0n) is 41.8. The van der Waals surface area contributed by atoms with Crippen LogP contribution in [0.3, 0.4) is 0 Å². The van der Waals surface area contributed by atoms with Gasteiger partial charge in [0.05, 0.1) is 25.4 Å². The van der Waals surface area contributed by atoms with Gasteiger partial charge in [-0.05, 0) is 75.1 Å². The van der Waals surface area contributed by atoms with Gasteiger partial charge in [-0.15, -0.1) is 0 Å². The number of guanidine groups is 2. The molecule has 0 spiro atoms. The monoisotopic (exact) mass is 1060 g/mol. The van der Waals surface area contributed by atoms with Crippen LogP contribution < -0.4 is 71.6 Å². The highest BCUT2D eigenvalue weighted by Gasteiger charge is 2.35. The lowest BCUT2D eigenvalue weighted by Gasteiger charge is -2.29. The molecular weight excluding hydrogens is 987 g/mol. The van der Waals surface area contributed by atoms with Crippen LogP contribution in [-0.2, 0) is 56.0 Å². The lowest BCUT2D eigenvalue weighted by atomic mass is 10.0. The summed E-state index contributed by atoms with van der Waals surface area (Å²) in [5, 5.41) is 56.5. The van der Waals surface area contributed by atoms with Gasteiger partial charge in [0.1, 0.15) is 48.0 Å². The number of unbranched alkanes of at least 4 members (excludes halogenated alkanes) is 1. The molecule has 0 saturated heterocycles. The number of amides is 7. The Balaban J connectivity index is 2.41. The van der Waals surface area contributed by atoms with Crippen LogP contribution in [0, 0.1) is 5.92 Å². The molecule has 30 nitrogen and oxygen atoms in total. The second-order valence-corrected chi connectivity index (χ2v) is 17.7. The SMILES string of the molecule is CC(C)[C@H](NC(=O)[C@H](CO)NC(=O)[C@H](Cc1ccc(O)cc1)NC(=O)[C@@H](N)CC(=O)O)C(=O)N[C@@H](CCCN=C(N)N)C(=O)N[C@@H](CCCCN)C(=O)N[C@@H](CCCN=C(N)N)C(=O)N[C@@H](Cc1cnc[nH]1)C(=O)O. The summed E-state index contributed by atoms with van der Waals surface area (Å²) in [5.74, 6) is -10.7. The summed E-state index contributed by atoms with van der Waals surface area (Å²) in [7, 11) is 0. The van der Waals surface area contributed by atoms with Gasteiger partial charge >= 0.3 is 11.9 Å². The van der Waals surface area contributed by atoms with Crippen molar-refractivity contribution in [2.24, 2.45) is 50.3 Å². The van der Waals surface area contributed by atoms with Crippen LogP contribution in [0.2, 0.25) is 0 Å². The van der Waals surface area contributed by atoms with Crippen molar-refractivity contribution in [1.82, 2.24) is 47.2 Å². The number of benzene rings is 1. The molecule has 1 heterocycles. The summed E-state index contributed by atoms with van der Waals surface area (Å²) in [6.45, 7) is 2.34. The molecule has 416 valence electrons. The maximum atomic E-state index is 14.2. The summed E-state index contributed by atoms with van der Waals surface area (Å²) in [5.41, 5.74) is 34.1.